The third-order valence-electron chi connectivity index (χ3n) is 3.62. The van der Waals surface area contributed by atoms with Gasteiger partial charge in [0.25, 0.3) is 5.91 Å². The second kappa shape index (κ2) is 7.53. The van der Waals surface area contributed by atoms with Crippen LogP contribution in [0.15, 0.2) is 61.2 Å². The summed E-state index contributed by atoms with van der Waals surface area (Å²) in [5.41, 5.74) is 2.57. The predicted octanol–water partition coefficient (Wildman–Crippen LogP) is 3.21. The number of anilines is 1. The summed E-state index contributed by atoms with van der Waals surface area (Å²) >= 11 is 0. The average Bonchev–Trinajstić information content (AvgIpc) is 3.15. The van der Waals surface area contributed by atoms with Gasteiger partial charge in [-0.1, -0.05) is 12.1 Å². The standard InChI is InChI=1S/C19H19N3O3/c1-14-6-7-18(24-2)17(10-14)21-19(23)12-25-16-5-3-4-15(11-16)22-9-8-20-13-22/h3-11,13H,12H2,1-2H3,(H,21,23). The Morgan fingerprint density at radius 3 is 2.88 bits per heavy atom. The fourth-order valence-electron chi connectivity index (χ4n) is 2.40. The first kappa shape index (κ1) is 16.6. The molecule has 0 aliphatic carbocycles. The smallest absolute Gasteiger partial charge is 0.262 e. The molecule has 1 heterocycles. The van der Waals surface area contributed by atoms with Crippen molar-refractivity contribution in [2.75, 3.05) is 19.0 Å². The van der Waals surface area contributed by atoms with Gasteiger partial charge in [0.1, 0.15) is 11.5 Å². The van der Waals surface area contributed by atoms with Crippen LogP contribution in [0.2, 0.25) is 0 Å². The van der Waals surface area contributed by atoms with E-state index in [1.54, 1.807) is 25.7 Å². The Hall–Kier alpha value is -3.28. The van der Waals surface area contributed by atoms with Crippen LogP contribution in [0.5, 0.6) is 11.5 Å². The molecule has 2 aromatic carbocycles. The second-order valence-corrected chi connectivity index (χ2v) is 5.51. The second-order valence-electron chi connectivity index (χ2n) is 5.51. The molecule has 1 aromatic heterocycles. The van der Waals surface area contributed by atoms with Crippen LogP contribution in [-0.4, -0.2) is 29.2 Å². The molecular weight excluding hydrogens is 318 g/mol. The molecule has 6 heteroatoms. The molecule has 0 atom stereocenters. The number of imidazole rings is 1. The summed E-state index contributed by atoms with van der Waals surface area (Å²) in [6.07, 6.45) is 5.25. The van der Waals surface area contributed by atoms with E-state index in [0.717, 1.165) is 11.3 Å². The molecule has 3 rings (SSSR count). The first-order valence-corrected chi connectivity index (χ1v) is 7.81. The van der Waals surface area contributed by atoms with Crippen molar-refractivity contribution in [3.63, 3.8) is 0 Å². The van der Waals surface area contributed by atoms with Crippen molar-refractivity contribution in [3.8, 4) is 17.2 Å². The zero-order valence-electron chi connectivity index (χ0n) is 14.1. The highest BCUT2D eigenvalue weighted by molar-refractivity contribution is 5.93. The molecule has 0 saturated heterocycles. The quantitative estimate of drug-likeness (QED) is 0.750. The van der Waals surface area contributed by atoms with Crippen molar-refractivity contribution < 1.29 is 14.3 Å². The average molecular weight is 337 g/mol. The topological polar surface area (TPSA) is 65.4 Å². The van der Waals surface area contributed by atoms with E-state index in [1.165, 1.54) is 0 Å². The number of ether oxygens (including phenoxy) is 2. The van der Waals surface area contributed by atoms with E-state index in [1.807, 2.05) is 54.1 Å². The third kappa shape index (κ3) is 4.17. The van der Waals surface area contributed by atoms with E-state index in [2.05, 4.69) is 10.3 Å². The van der Waals surface area contributed by atoms with Crippen LogP contribution in [0, 0.1) is 6.92 Å². The van der Waals surface area contributed by atoms with E-state index in [4.69, 9.17) is 9.47 Å². The summed E-state index contributed by atoms with van der Waals surface area (Å²) in [5, 5.41) is 2.81. The van der Waals surface area contributed by atoms with Gasteiger partial charge in [0.05, 0.1) is 24.8 Å². The van der Waals surface area contributed by atoms with Gasteiger partial charge >= 0.3 is 0 Å². The number of nitrogens with zero attached hydrogens (tertiary/aromatic N) is 2. The number of amides is 1. The van der Waals surface area contributed by atoms with Crippen LogP contribution in [0.1, 0.15) is 5.56 Å². The van der Waals surface area contributed by atoms with Crippen molar-refractivity contribution in [3.05, 3.63) is 66.7 Å². The molecule has 0 spiro atoms. The molecule has 0 radical (unpaired) electrons. The number of hydrogen-bond donors (Lipinski definition) is 1. The van der Waals surface area contributed by atoms with Crippen molar-refractivity contribution in [2.24, 2.45) is 0 Å². The van der Waals surface area contributed by atoms with E-state index in [0.29, 0.717) is 17.2 Å². The molecule has 25 heavy (non-hydrogen) atoms. The number of benzene rings is 2. The minimum atomic E-state index is -0.253. The van der Waals surface area contributed by atoms with Gasteiger partial charge in [-0.15, -0.1) is 0 Å². The summed E-state index contributed by atoms with van der Waals surface area (Å²) in [5.74, 6) is 0.968. The first-order valence-electron chi connectivity index (χ1n) is 7.81. The van der Waals surface area contributed by atoms with Gasteiger partial charge in [0, 0.05) is 18.5 Å². The van der Waals surface area contributed by atoms with Crippen LogP contribution in [0.25, 0.3) is 5.69 Å². The van der Waals surface area contributed by atoms with E-state index < -0.39 is 0 Å². The zero-order chi connectivity index (χ0) is 17.6. The van der Waals surface area contributed by atoms with Gasteiger partial charge in [-0.2, -0.15) is 0 Å². The summed E-state index contributed by atoms with van der Waals surface area (Å²) in [6.45, 7) is 1.86. The summed E-state index contributed by atoms with van der Waals surface area (Å²) in [7, 11) is 1.57. The predicted molar refractivity (Wildman–Crippen MR) is 95.4 cm³/mol. The van der Waals surface area contributed by atoms with Crippen LogP contribution in [-0.2, 0) is 4.79 Å². The molecule has 0 aliphatic rings. The van der Waals surface area contributed by atoms with Gasteiger partial charge in [-0.3, -0.25) is 4.79 Å². The van der Waals surface area contributed by atoms with Crippen LogP contribution < -0.4 is 14.8 Å². The SMILES string of the molecule is COc1ccc(C)cc1NC(=O)COc1cccc(-n2ccnc2)c1. The van der Waals surface area contributed by atoms with Gasteiger partial charge in [-0.05, 0) is 36.8 Å². The van der Waals surface area contributed by atoms with Crippen molar-refractivity contribution >= 4 is 11.6 Å². The lowest BCUT2D eigenvalue weighted by atomic mass is 10.2. The Morgan fingerprint density at radius 2 is 2.12 bits per heavy atom. The largest absolute Gasteiger partial charge is 0.495 e. The zero-order valence-corrected chi connectivity index (χ0v) is 14.1. The summed E-state index contributed by atoms with van der Waals surface area (Å²) in [6, 6.07) is 13.1. The maximum atomic E-state index is 12.2. The Morgan fingerprint density at radius 1 is 1.24 bits per heavy atom. The molecule has 0 unspecified atom stereocenters. The number of nitrogens with one attached hydrogen (secondary N) is 1. The number of carbonyl (C=O) groups is 1. The van der Waals surface area contributed by atoms with E-state index in [-0.39, 0.29) is 12.5 Å². The Bertz CT molecular complexity index is 860. The number of aromatic nitrogens is 2. The third-order valence-corrected chi connectivity index (χ3v) is 3.62. The normalized spacial score (nSPS) is 10.3. The lowest BCUT2D eigenvalue weighted by Crippen LogP contribution is -2.20. The van der Waals surface area contributed by atoms with Gasteiger partial charge < -0.3 is 19.4 Å². The number of hydrogen-bond acceptors (Lipinski definition) is 4. The maximum absolute atomic E-state index is 12.2. The monoisotopic (exact) mass is 337 g/mol. The molecule has 6 nitrogen and oxygen atoms in total. The Balaban J connectivity index is 1.63. The van der Waals surface area contributed by atoms with Gasteiger partial charge in [0.2, 0.25) is 0 Å². The Labute approximate surface area is 146 Å². The minimum Gasteiger partial charge on any atom is -0.495 e. The lowest BCUT2D eigenvalue weighted by Gasteiger charge is -2.12. The highest BCUT2D eigenvalue weighted by Gasteiger charge is 2.09. The fraction of sp³-hybridized carbons (Fsp3) is 0.158. The fourth-order valence-corrected chi connectivity index (χ4v) is 2.40. The maximum Gasteiger partial charge on any atom is 0.262 e. The number of carbonyl (C=O) groups excluding carboxylic acids is 1. The van der Waals surface area contributed by atoms with Crippen LogP contribution in [0.3, 0.4) is 0 Å². The summed E-state index contributed by atoms with van der Waals surface area (Å²) < 4.78 is 12.7. The molecule has 128 valence electrons. The van der Waals surface area contributed by atoms with Gasteiger partial charge in [-0.25, -0.2) is 4.98 Å². The van der Waals surface area contributed by atoms with Gasteiger partial charge in [0.15, 0.2) is 6.61 Å². The van der Waals surface area contributed by atoms with Crippen molar-refractivity contribution in [1.29, 1.82) is 0 Å². The molecule has 0 aliphatic heterocycles. The number of rotatable bonds is 6. The Kier molecular flexibility index (Phi) is 4.99. The molecule has 3 aromatic rings. The van der Waals surface area contributed by atoms with Crippen molar-refractivity contribution in [1.82, 2.24) is 9.55 Å². The molecule has 0 saturated carbocycles. The molecular formula is C19H19N3O3. The highest BCUT2D eigenvalue weighted by Crippen LogP contribution is 2.25. The van der Waals surface area contributed by atoms with Crippen LogP contribution in [0.4, 0.5) is 5.69 Å². The van der Waals surface area contributed by atoms with E-state index in [9.17, 15) is 4.79 Å². The first-order chi connectivity index (χ1) is 12.2. The highest BCUT2D eigenvalue weighted by atomic mass is 16.5. The number of methoxy groups -OCH3 is 1. The molecule has 1 amide bonds. The van der Waals surface area contributed by atoms with Crippen molar-refractivity contribution in [2.45, 2.75) is 6.92 Å². The minimum absolute atomic E-state index is 0.0928. The van der Waals surface area contributed by atoms with E-state index >= 15 is 0 Å². The summed E-state index contributed by atoms with van der Waals surface area (Å²) in [4.78, 5) is 16.2. The lowest BCUT2D eigenvalue weighted by molar-refractivity contribution is -0.118. The molecule has 0 bridgehead atoms. The number of aryl methyl sites for hydroxylation is 1. The molecule has 0 fully saturated rings. The molecule has 1 N–H and O–H groups in total. The van der Waals surface area contributed by atoms with Crippen LogP contribution >= 0.6 is 0 Å².